The van der Waals surface area contributed by atoms with Crippen LogP contribution in [0, 0.1) is 0 Å². The number of thioether (sulfide) groups is 1. The molecule has 0 spiro atoms. The zero-order valence-corrected chi connectivity index (χ0v) is 23.3. The van der Waals surface area contributed by atoms with Gasteiger partial charge in [-0.25, -0.2) is 0 Å². The summed E-state index contributed by atoms with van der Waals surface area (Å²) in [7, 11) is 0. The van der Waals surface area contributed by atoms with E-state index in [2.05, 4.69) is 10.2 Å². The molecule has 0 radical (unpaired) electrons. The molecule has 2 amide bonds. The van der Waals surface area contributed by atoms with Gasteiger partial charge in [-0.3, -0.25) is 14.2 Å². The first kappa shape index (κ1) is 27.0. The van der Waals surface area contributed by atoms with Crippen LogP contribution >= 0.6 is 23.4 Å². The van der Waals surface area contributed by atoms with Crippen molar-refractivity contribution in [1.29, 1.82) is 0 Å². The smallest absolute Gasteiger partial charge is 0.254 e. The second-order valence-electron chi connectivity index (χ2n) is 9.46. The third-order valence-electron chi connectivity index (χ3n) is 6.79. The Bertz CT molecular complexity index is 1430. The van der Waals surface area contributed by atoms with Gasteiger partial charge in [-0.1, -0.05) is 71.9 Å². The quantitative estimate of drug-likeness (QED) is 0.200. The molecule has 1 atom stereocenters. The Morgan fingerprint density at radius 2 is 1.62 bits per heavy atom. The first-order valence-electron chi connectivity index (χ1n) is 13.1. The molecule has 2 heterocycles. The minimum atomic E-state index is -0.0302. The van der Waals surface area contributed by atoms with Crippen LogP contribution in [0.15, 0.2) is 90.1 Å². The van der Waals surface area contributed by atoms with Crippen LogP contribution in [-0.2, 0) is 4.79 Å². The summed E-state index contributed by atoms with van der Waals surface area (Å²) in [5.74, 6) is 1.55. The van der Waals surface area contributed by atoms with Crippen molar-refractivity contribution in [2.75, 3.05) is 25.4 Å². The lowest BCUT2D eigenvalue weighted by molar-refractivity contribution is -0.133. The maximum Gasteiger partial charge on any atom is 0.254 e. The van der Waals surface area contributed by atoms with E-state index in [9.17, 15) is 9.59 Å². The molecule has 7 nitrogen and oxygen atoms in total. The van der Waals surface area contributed by atoms with Gasteiger partial charge >= 0.3 is 0 Å². The molecule has 1 saturated heterocycles. The Morgan fingerprint density at radius 3 is 2.33 bits per heavy atom. The highest BCUT2D eigenvalue weighted by molar-refractivity contribution is 7.99. The van der Waals surface area contributed by atoms with Crippen LogP contribution in [-0.4, -0.2) is 67.8 Å². The molecule has 5 rings (SSSR count). The van der Waals surface area contributed by atoms with E-state index < -0.39 is 0 Å². The molecule has 1 aromatic heterocycles. The van der Waals surface area contributed by atoms with E-state index in [0.717, 1.165) is 22.2 Å². The topological polar surface area (TPSA) is 71.3 Å². The lowest BCUT2D eigenvalue weighted by Gasteiger charge is -2.40. The highest BCUT2D eigenvalue weighted by atomic mass is 35.5. The Kier molecular flexibility index (Phi) is 8.64. The summed E-state index contributed by atoms with van der Waals surface area (Å²) in [6, 6.07) is 26.8. The van der Waals surface area contributed by atoms with E-state index in [1.165, 1.54) is 0 Å². The highest BCUT2D eigenvalue weighted by Crippen LogP contribution is 2.32. The second-order valence-corrected chi connectivity index (χ2v) is 10.9. The Labute approximate surface area is 237 Å². The second kappa shape index (κ2) is 12.5. The van der Waals surface area contributed by atoms with Gasteiger partial charge in [-0.05, 0) is 49.7 Å². The van der Waals surface area contributed by atoms with Crippen molar-refractivity contribution in [2.24, 2.45) is 0 Å². The molecule has 0 bridgehead atoms. The first-order chi connectivity index (χ1) is 19.0. The van der Waals surface area contributed by atoms with Crippen LogP contribution in [0.3, 0.4) is 0 Å². The van der Waals surface area contributed by atoms with Crippen molar-refractivity contribution < 1.29 is 9.59 Å². The molecule has 1 unspecified atom stereocenters. The van der Waals surface area contributed by atoms with Crippen molar-refractivity contribution in [2.45, 2.75) is 31.0 Å². The molecule has 0 saturated carbocycles. The van der Waals surface area contributed by atoms with E-state index in [1.54, 1.807) is 11.8 Å². The molecular weight excluding hydrogens is 530 g/mol. The number of carbonyl (C=O) groups is 2. The summed E-state index contributed by atoms with van der Waals surface area (Å²) < 4.78 is 2.01. The van der Waals surface area contributed by atoms with Gasteiger partial charge in [0.2, 0.25) is 5.91 Å². The van der Waals surface area contributed by atoms with Crippen LogP contribution in [0.25, 0.3) is 17.1 Å². The van der Waals surface area contributed by atoms with Gasteiger partial charge in [0.1, 0.15) is 0 Å². The van der Waals surface area contributed by atoms with Crippen LogP contribution in [0.2, 0.25) is 5.02 Å². The third-order valence-corrected chi connectivity index (χ3v) is 8.14. The number of aromatic nitrogens is 3. The molecule has 1 fully saturated rings. The molecule has 1 aliphatic heterocycles. The number of para-hydroxylation sites is 1. The van der Waals surface area contributed by atoms with Crippen molar-refractivity contribution in [3.05, 3.63) is 95.5 Å². The van der Waals surface area contributed by atoms with Gasteiger partial charge in [-0.2, -0.15) is 0 Å². The lowest BCUT2D eigenvalue weighted by atomic mass is 10.1. The number of halogens is 1. The summed E-state index contributed by atoms with van der Waals surface area (Å²) in [5, 5.41) is 10.3. The molecule has 200 valence electrons. The van der Waals surface area contributed by atoms with Gasteiger partial charge in [0.15, 0.2) is 11.0 Å². The monoisotopic (exact) mass is 559 g/mol. The molecule has 0 aliphatic carbocycles. The molecule has 0 N–H and O–H groups in total. The third kappa shape index (κ3) is 6.18. The number of rotatable bonds is 8. The summed E-state index contributed by atoms with van der Waals surface area (Å²) in [6.07, 6.45) is 1.16. The van der Waals surface area contributed by atoms with Crippen molar-refractivity contribution in [1.82, 2.24) is 24.6 Å². The number of amides is 2. The highest BCUT2D eigenvalue weighted by Gasteiger charge is 2.30. The van der Waals surface area contributed by atoms with Crippen molar-refractivity contribution in [3.63, 3.8) is 0 Å². The van der Waals surface area contributed by atoms with E-state index in [0.29, 0.717) is 48.9 Å². The predicted octanol–water partition coefficient (Wildman–Crippen LogP) is 5.83. The fourth-order valence-electron chi connectivity index (χ4n) is 4.77. The predicted molar refractivity (Wildman–Crippen MR) is 155 cm³/mol. The van der Waals surface area contributed by atoms with Gasteiger partial charge in [0.05, 0.1) is 5.02 Å². The standard InChI is InChI=1S/C30H30ClN5O2S/c1-22-21-34(18-19-35(22)29(38)23-11-4-2-5-12-23)27(37)17-10-20-39-30-33-32-28(25-15-8-9-16-26(25)31)36(30)24-13-6-3-7-14-24/h2-9,11-16,22H,10,17-21H2,1H3. The Hall–Kier alpha value is -3.62. The van der Waals surface area contributed by atoms with Crippen molar-refractivity contribution >= 4 is 35.2 Å². The Balaban J connectivity index is 1.18. The van der Waals surface area contributed by atoms with E-state index in [-0.39, 0.29) is 17.9 Å². The lowest BCUT2D eigenvalue weighted by Crippen LogP contribution is -2.55. The summed E-state index contributed by atoms with van der Waals surface area (Å²) in [4.78, 5) is 29.6. The largest absolute Gasteiger partial charge is 0.339 e. The first-order valence-corrected chi connectivity index (χ1v) is 14.4. The minimum absolute atomic E-state index is 0.0188. The molecule has 4 aromatic rings. The van der Waals surface area contributed by atoms with Gasteiger partial charge in [-0.15, -0.1) is 10.2 Å². The average molecular weight is 560 g/mol. The van der Waals surface area contributed by atoms with Gasteiger partial charge < -0.3 is 9.80 Å². The zero-order chi connectivity index (χ0) is 27.2. The van der Waals surface area contributed by atoms with Crippen LogP contribution in [0.1, 0.15) is 30.1 Å². The van der Waals surface area contributed by atoms with E-state index in [4.69, 9.17) is 11.6 Å². The van der Waals surface area contributed by atoms with Crippen LogP contribution in [0.5, 0.6) is 0 Å². The minimum Gasteiger partial charge on any atom is -0.339 e. The summed E-state index contributed by atoms with van der Waals surface area (Å²) >= 11 is 8.06. The number of piperazine rings is 1. The molecule has 1 aliphatic rings. The van der Waals surface area contributed by atoms with Gasteiger partial charge in [0, 0.05) is 54.7 Å². The number of benzene rings is 3. The summed E-state index contributed by atoms with van der Waals surface area (Å²) in [5.41, 5.74) is 2.45. The fourth-order valence-corrected chi connectivity index (χ4v) is 5.88. The average Bonchev–Trinajstić information content (AvgIpc) is 3.39. The number of hydrogen-bond donors (Lipinski definition) is 0. The normalized spacial score (nSPS) is 15.4. The zero-order valence-electron chi connectivity index (χ0n) is 21.7. The number of hydrogen-bond acceptors (Lipinski definition) is 5. The number of carbonyl (C=O) groups excluding carboxylic acids is 2. The maximum atomic E-state index is 13.0. The van der Waals surface area contributed by atoms with Crippen LogP contribution in [0.4, 0.5) is 0 Å². The molecule has 3 aromatic carbocycles. The fraction of sp³-hybridized carbons (Fsp3) is 0.267. The SMILES string of the molecule is CC1CN(C(=O)CCCSc2nnc(-c3ccccc3Cl)n2-c2ccccc2)CCN1C(=O)c1ccccc1. The number of nitrogens with zero attached hydrogens (tertiary/aromatic N) is 5. The molecular formula is C30H30ClN5O2S. The van der Waals surface area contributed by atoms with Crippen molar-refractivity contribution in [3.8, 4) is 17.1 Å². The van der Waals surface area contributed by atoms with E-state index in [1.807, 2.05) is 106 Å². The van der Waals surface area contributed by atoms with E-state index >= 15 is 0 Å². The van der Waals surface area contributed by atoms with Gasteiger partial charge in [0.25, 0.3) is 5.91 Å². The molecule has 39 heavy (non-hydrogen) atoms. The molecule has 9 heteroatoms. The summed E-state index contributed by atoms with van der Waals surface area (Å²) in [6.45, 7) is 3.65. The maximum absolute atomic E-state index is 13.0. The Morgan fingerprint density at radius 1 is 0.923 bits per heavy atom. The van der Waals surface area contributed by atoms with Crippen LogP contribution < -0.4 is 0 Å².